The number of thiazole rings is 1. The summed E-state index contributed by atoms with van der Waals surface area (Å²) in [6.07, 6.45) is 4.28. The van der Waals surface area contributed by atoms with Crippen LogP contribution in [0.5, 0.6) is 0 Å². The van der Waals surface area contributed by atoms with Crippen LogP contribution in [0.3, 0.4) is 0 Å². The monoisotopic (exact) mass is 415 g/mol. The molecule has 0 aliphatic heterocycles. The van der Waals surface area contributed by atoms with Gasteiger partial charge in [0.2, 0.25) is 11.1 Å². The molecule has 146 valence electrons. The summed E-state index contributed by atoms with van der Waals surface area (Å²) >= 11 is 1.39. The van der Waals surface area contributed by atoms with Gasteiger partial charge in [0, 0.05) is 40.8 Å². The molecule has 0 fully saturated rings. The minimum absolute atomic E-state index is 0.0952. The van der Waals surface area contributed by atoms with E-state index in [-0.39, 0.29) is 11.3 Å². The summed E-state index contributed by atoms with van der Waals surface area (Å²) in [6.45, 7) is 1.75. The number of halogens is 3. The molecule has 6 nitrogen and oxygen atoms in total. The molecule has 1 N–H and O–H groups in total. The Hall–Kier alpha value is -3.53. The Morgan fingerprint density at radius 3 is 2.66 bits per heavy atom. The predicted molar refractivity (Wildman–Crippen MR) is 101 cm³/mol. The van der Waals surface area contributed by atoms with Crippen molar-refractivity contribution in [3.63, 3.8) is 0 Å². The van der Waals surface area contributed by atoms with E-state index >= 15 is 0 Å². The van der Waals surface area contributed by atoms with Gasteiger partial charge < -0.3 is 5.32 Å². The zero-order chi connectivity index (χ0) is 20.5. The maximum Gasteiger partial charge on any atom is 0.258 e. The SMILES string of the molecule is Cc1nn(-c2nccs2)cc1-c1ccc(NC(=O)c2ccnc(F)c2F)cc1F. The molecule has 3 aromatic heterocycles. The lowest BCUT2D eigenvalue weighted by Gasteiger charge is -2.08. The highest BCUT2D eigenvalue weighted by Gasteiger charge is 2.18. The number of aromatic nitrogens is 4. The molecule has 0 saturated carbocycles. The fourth-order valence-electron chi connectivity index (χ4n) is 2.75. The zero-order valence-electron chi connectivity index (χ0n) is 14.9. The number of carbonyl (C=O) groups is 1. The topological polar surface area (TPSA) is 72.7 Å². The Bertz CT molecular complexity index is 1210. The Kier molecular flexibility index (Phi) is 4.85. The molecule has 1 amide bonds. The molecule has 0 atom stereocenters. The summed E-state index contributed by atoms with van der Waals surface area (Å²) in [5.41, 5.74) is 1.02. The Morgan fingerprint density at radius 2 is 1.93 bits per heavy atom. The highest BCUT2D eigenvalue weighted by Crippen LogP contribution is 2.29. The zero-order valence-corrected chi connectivity index (χ0v) is 15.7. The number of nitrogens with one attached hydrogen (secondary N) is 1. The summed E-state index contributed by atoms with van der Waals surface area (Å²) in [5.74, 6) is -4.27. The molecule has 29 heavy (non-hydrogen) atoms. The predicted octanol–water partition coefficient (Wildman–Crippen LogP) is 4.37. The van der Waals surface area contributed by atoms with Crippen molar-refractivity contribution in [3.8, 4) is 16.3 Å². The third kappa shape index (κ3) is 3.61. The normalized spacial score (nSPS) is 10.9. The van der Waals surface area contributed by atoms with Gasteiger partial charge in [-0.3, -0.25) is 4.79 Å². The number of benzene rings is 1. The number of amides is 1. The van der Waals surface area contributed by atoms with Crippen molar-refractivity contribution in [1.29, 1.82) is 0 Å². The summed E-state index contributed by atoms with van der Waals surface area (Å²) in [4.78, 5) is 19.4. The fraction of sp³-hybridized carbons (Fsp3) is 0.0526. The number of hydrogen-bond donors (Lipinski definition) is 1. The molecule has 4 rings (SSSR count). The second-order valence-electron chi connectivity index (χ2n) is 6.00. The maximum atomic E-state index is 14.7. The van der Waals surface area contributed by atoms with E-state index in [2.05, 4.69) is 20.4 Å². The third-order valence-electron chi connectivity index (χ3n) is 4.12. The quantitative estimate of drug-likeness (QED) is 0.503. The van der Waals surface area contributed by atoms with E-state index in [0.717, 1.165) is 18.3 Å². The first-order chi connectivity index (χ1) is 13.9. The maximum absolute atomic E-state index is 14.7. The van der Waals surface area contributed by atoms with Crippen molar-refractivity contribution in [1.82, 2.24) is 19.7 Å². The van der Waals surface area contributed by atoms with Crippen LogP contribution in [0.4, 0.5) is 18.9 Å². The third-order valence-corrected chi connectivity index (χ3v) is 4.88. The molecule has 3 heterocycles. The van der Waals surface area contributed by atoms with Gasteiger partial charge in [-0.2, -0.15) is 9.49 Å². The number of nitrogens with zero attached hydrogens (tertiary/aromatic N) is 4. The van der Waals surface area contributed by atoms with Crippen molar-refractivity contribution >= 4 is 22.9 Å². The van der Waals surface area contributed by atoms with E-state index < -0.39 is 29.1 Å². The second kappa shape index (κ2) is 7.47. The first-order valence-corrected chi connectivity index (χ1v) is 9.19. The lowest BCUT2D eigenvalue weighted by atomic mass is 10.1. The van der Waals surface area contributed by atoms with E-state index in [1.807, 2.05) is 5.38 Å². The van der Waals surface area contributed by atoms with E-state index in [0.29, 0.717) is 16.4 Å². The summed E-state index contributed by atoms with van der Waals surface area (Å²) in [6, 6.07) is 5.08. The van der Waals surface area contributed by atoms with Crippen molar-refractivity contribution in [2.75, 3.05) is 5.32 Å². The van der Waals surface area contributed by atoms with E-state index in [4.69, 9.17) is 0 Å². The highest BCUT2D eigenvalue weighted by atomic mass is 32.1. The number of aryl methyl sites for hydroxylation is 1. The van der Waals surface area contributed by atoms with Crippen LogP contribution in [-0.4, -0.2) is 25.7 Å². The fourth-order valence-corrected chi connectivity index (χ4v) is 3.32. The van der Waals surface area contributed by atoms with Crippen molar-refractivity contribution < 1.29 is 18.0 Å². The van der Waals surface area contributed by atoms with Gasteiger partial charge in [-0.15, -0.1) is 11.3 Å². The van der Waals surface area contributed by atoms with Gasteiger partial charge in [0.15, 0.2) is 5.82 Å². The summed E-state index contributed by atoms with van der Waals surface area (Å²) in [5, 5.41) is 9.15. The molecule has 0 saturated heterocycles. The summed E-state index contributed by atoms with van der Waals surface area (Å²) < 4.78 is 43.2. The van der Waals surface area contributed by atoms with Gasteiger partial charge in [-0.25, -0.2) is 23.4 Å². The van der Waals surface area contributed by atoms with Crippen LogP contribution in [0.15, 0.2) is 48.2 Å². The Balaban J connectivity index is 1.60. The molecule has 0 aliphatic carbocycles. The second-order valence-corrected chi connectivity index (χ2v) is 6.87. The molecule has 0 radical (unpaired) electrons. The molecular formula is C19H12F3N5OS. The average molecular weight is 415 g/mol. The van der Waals surface area contributed by atoms with Crippen LogP contribution in [-0.2, 0) is 0 Å². The first-order valence-electron chi connectivity index (χ1n) is 8.31. The molecular weight excluding hydrogens is 403 g/mol. The first kappa shape index (κ1) is 18.8. The van der Waals surface area contributed by atoms with Crippen LogP contribution >= 0.6 is 11.3 Å². The van der Waals surface area contributed by atoms with Crippen molar-refractivity contribution in [2.24, 2.45) is 0 Å². The van der Waals surface area contributed by atoms with Gasteiger partial charge in [0.25, 0.3) is 5.91 Å². The van der Waals surface area contributed by atoms with Crippen LogP contribution in [0, 0.1) is 24.5 Å². The number of pyridine rings is 1. The summed E-state index contributed by atoms with van der Waals surface area (Å²) in [7, 11) is 0. The Labute approximate surface area is 166 Å². The van der Waals surface area contributed by atoms with E-state index in [1.54, 1.807) is 24.0 Å². The number of hydrogen-bond acceptors (Lipinski definition) is 5. The van der Waals surface area contributed by atoms with Gasteiger partial charge in [0.1, 0.15) is 5.82 Å². The van der Waals surface area contributed by atoms with Gasteiger partial charge in [0.05, 0.1) is 11.3 Å². The van der Waals surface area contributed by atoms with Crippen molar-refractivity contribution in [3.05, 3.63) is 77.1 Å². The molecule has 4 aromatic rings. The van der Waals surface area contributed by atoms with E-state index in [9.17, 15) is 18.0 Å². The lowest BCUT2D eigenvalue weighted by Crippen LogP contribution is -2.15. The van der Waals surface area contributed by atoms with E-state index in [1.165, 1.54) is 23.5 Å². The largest absolute Gasteiger partial charge is 0.322 e. The minimum Gasteiger partial charge on any atom is -0.322 e. The molecule has 0 unspecified atom stereocenters. The Morgan fingerprint density at radius 1 is 1.10 bits per heavy atom. The molecule has 0 bridgehead atoms. The van der Waals surface area contributed by atoms with Gasteiger partial charge >= 0.3 is 0 Å². The van der Waals surface area contributed by atoms with Crippen molar-refractivity contribution in [2.45, 2.75) is 6.92 Å². The molecule has 0 aliphatic rings. The number of carbonyl (C=O) groups excluding carboxylic acids is 1. The lowest BCUT2D eigenvalue weighted by molar-refractivity contribution is 0.102. The molecule has 0 spiro atoms. The molecule has 10 heteroatoms. The van der Waals surface area contributed by atoms with Crippen LogP contribution in [0.25, 0.3) is 16.3 Å². The smallest absolute Gasteiger partial charge is 0.258 e. The van der Waals surface area contributed by atoms with Gasteiger partial charge in [-0.1, -0.05) is 0 Å². The standard InChI is InChI=1S/C19H12F3N5OS/c1-10-14(9-27(26-10)19-24-6-7-29-19)12-3-2-11(8-15(12)20)25-18(28)13-4-5-23-17(22)16(13)21/h2-9H,1H3,(H,25,28). The highest BCUT2D eigenvalue weighted by molar-refractivity contribution is 7.12. The average Bonchev–Trinajstić information content (AvgIpc) is 3.34. The number of rotatable bonds is 4. The van der Waals surface area contributed by atoms with Crippen LogP contribution < -0.4 is 5.32 Å². The van der Waals surface area contributed by atoms with Crippen LogP contribution in [0.2, 0.25) is 0 Å². The minimum atomic E-state index is -1.38. The van der Waals surface area contributed by atoms with Crippen LogP contribution in [0.1, 0.15) is 16.1 Å². The van der Waals surface area contributed by atoms with Gasteiger partial charge in [-0.05, 0) is 31.2 Å². The number of anilines is 1. The molecule has 1 aromatic carbocycles.